The molecule has 116 valence electrons. The quantitative estimate of drug-likeness (QED) is 0.506. The molecule has 0 fully saturated rings. The van der Waals surface area contributed by atoms with E-state index in [1.165, 1.54) is 32.1 Å². The molecule has 0 bridgehead atoms. The van der Waals surface area contributed by atoms with E-state index in [1.807, 2.05) is 0 Å². The maximum Gasteiger partial charge on any atom is 0.0558 e. The van der Waals surface area contributed by atoms with Gasteiger partial charge in [-0.3, -0.25) is 0 Å². The van der Waals surface area contributed by atoms with Gasteiger partial charge in [0.25, 0.3) is 0 Å². The van der Waals surface area contributed by atoms with Crippen LogP contribution >= 0.6 is 0 Å². The SMILES string of the molecule is CCCCN(CCO)CC(C)(CCC)CNCCC. The highest BCUT2D eigenvalue weighted by atomic mass is 16.3. The van der Waals surface area contributed by atoms with Crippen LogP contribution in [0.25, 0.3) is 0 Å². The fourth-order valence-electron chi connectivity index (χ4n) is 2.73. The summed E-state index contributed by atoms with van der Waals surface area (Å²) < 4.78 is 0. The van der Waals surface area contributed by atoms with E-state index in [4.69, 9.17) is 0 Å². The van der Waals surface area contributed by atoms with Crippen molar-refractivity contribution >= 4 is 0 Å². The summed E-state index contributed by atoms with van der Waals surface area (Å²) in [5, 5.41) is 12.8. The topological polar surface area (TPSA) is 35.5 Å². The number of aliphatic hydroxyl groups excluding tert-OH is 1. The minimum absolute atomic E-state index is 0.272. The van der Waals surface area contributed by atoms with Crippen LogP contribution in [0.4, 0.5) is 0 Å². The Kier molecular flexibility index (Phi) is 11.6. The van der Waals surface area contributed by atoms with Gasteiger partial charge in [-0.15, -0.1) is 0 Å². The lowest BCUT2D eigenvalue weighted by atomic mass is 9.84. The fourth-order valence-corrected chi connectivity index (χ4v) is 2.73. The first-order valence-electron chi connectivity index (χ1n) is 8.15. The Labute approximate surface area is 120 Å². The zero-order chi connectivity index (χ0) is 14.6. The van der Waals surface area contributed by atoms with Crippen LogP contribution < -0.4 is 5.32 Å². The van der Waals surface area contributed by atoms with Gasteiger partial charge >= 0.3 is 0 Å². The van der Waals surface area contributed by atoms with Crippen LogP contribution in [0, 0.1) is 5.41 Å². The van der Waals surface area contributed by atoms with Gasteiger partial charge in [-0.25, -0.2) is 0 Å². The normalized spacial score (nSPS) is 14.8. The molecule has 0 aromatic heterocycles. The Morgan fingerprint density at radius 1 is 1.05 bits per heavy atom. The van der Waals surface area contributed by atoms with Crippen molar-refractivity contribution in [3.05, 3.63) is 0 Å². The van der Waals surface area contributed by atoms with Gasteiger partial charge in [0.2, 0.25) is 0 Å². The van der Waals surface area contributed by atoms with Gasteiger partial charge in [0.05, 0.1) is 6.61 Å². The number of hydrogen-bond acceptors (Lipinski definition) is 3. The van der Waals surface area contributed by atoms with Crippen molar-refractivity contribution in [2.75, 3.05) is 39.3 Å². The Morgan fingerprint density at radius 3 is 2.32 bits per heavy atom. The molecule has 0 saturated carbocycles. The summed E-state index contributed by atoms with van der Waals surface area (Å²) in [7, 11) is 0. The Morgan fingerprint density at radius 2 is 1.79 bits per heavy atom. The highest BCUT2D eigenvalue weighted by Crippen LogP contribution is 2.24. The highest BCUT2D eigenvalue weighted by Gasteiger charge is 2.25. The molecule has 3 heteroatoms. The lowest BCUT2D eigenvalue weighted by Crippen LogP contribution is -2.43. The molecule has 0 aliphatic rings. The predicted molar refractivity (Wildman–Crippen MR) is 84.6 cm³/mol. The van der Waals surface area contributed by atoms with Crippen LogP contribution in [0.1, 0.15) is 59.8 Å². The van der Waals surface area contributed by atoms with E-state index in [9.17, 15) is 5.11 Å². The van der Waals surface area contributed by atoms with E-state index in [0.717, 1.165) is 32.7 Å². The summed E-state index contributed by atoms with van der Waals surface area (Å²) in [5.41, 5.74) is 0.326. The molecule has 0 aliphatic heterocycles. The maximum absolute atomic E-state index is 9.22. The molecule has 0 heterocycles. The molecule has 0 aromatic carbocycles. The van der Waals surface area contributed by atoms with E-state index >= 15 is 0 Å². The number of nitrogens with one attached hydrogen (secondary N) is 1. The van der Waals surface area contributed by atoms with Crippen molar-refractivity contribution in [1.82, 2.24) is 10.2 Å². The zero-order valence-electron chi connectivity index (χ0n) is 13.7. The van der Waals surface area contributed by atoms with Crippen LogP contribution in [0.15, 0.2) is 0 Å². The third-order valence-electron chi connectivity index (χ3n) is 3.68. The van der Waals surface area contributed by atoms with E-state index in [1.54, 1.807) is 0 Å². The summed E-state index contributed by atoms with van der Waals surface area (Å²) in [5.74, 6) is 0. The second kappa shape index (κ2) is 11.7. The summed E-state index contributed by atoms with van der Waals surface area (Å²) in [6, 6.07) is 0. The lowest BCUT2D eigenvalue weighted by Gasteiger charge is -2.36. The van der Waals surface area contributed by atoms with Crippen LogP contribution in [-0.2, 0) is 0 Å². The van der Waals surface area contributed by atoms with Gasteiger partial charge in [0.1, 0.15) is 0 Å². The number of rotatable bonds is 13. The van der Waals surface area contributed by atoms with Gasteiger partial charge in [0.15, 0.2) is 0 Å². The zero-order valence-corrected chi connectivity index (χ0v) is 13.7. The molecule has 0 amide bonds. The molecule has 1 unspecified atom stereocenters. The standard InChI is InChI=1S/C16H36N2O/c1-5-8-11-18(12-13-19)15-16(4,9-6-2)14-17-10-7-3/h17,19H,5-15H2,1-4H3. The summed E-state index contributed by atoms with van der Waals surface area (Å²) in [4.78, 5) is 2.44. The van der Waals surface area contributed by atoms with Crippen molar-refractivity contribution in [3.63, 3.8) is 0 Å². The van der Waals surface area contributed by atoms with Gasteiger partial charge < -0.3 is 15.3 Å². The van der Waals surface area contributed by atoms with Crippen molar-refractivity contribution in [3.8, 4) is 0 Å². The third kappa shape index (κ3) is 9.42. The van der Waals surface area contributed by atoms with E-state index < -0.39 is 0 Å². The van der Waals surface area contributed by atoms with Gasteiger partial charge in [0, 0.05) is 19.6 Å². The molecule has 0 aliphatic carbocycles. The molecule has 0 aromatic rings. The Hall–Kier alpha value is -0.120. The van der Waals surface area contributed by atoms with Crippen molar-refractivity contribution in [2.24, 2.45) is 5.41 Å². The summed E-state index contributed by atoms with van der Waals surface area (Å²) in [6.45, 7) is 14.6. The van der Waals surface area contributed by atoms with E-state index in [-0.39, 0.29) is 6.61 Å². The minimum Gasteiger partial charge on any atom is -0.395 e. The maximum atomic E-state index is 9.22. The van der Waals surface area contributed by atoms with Crippen LogP contribution in [0.2, 0.25) is 0 Å². The lowest BCUT2D eigenvalue weighted by molar-refractivity contribution is 0.124. The Balaban J connectivity index is 4.37. The third-order valence-corrected chi connectivity index (χ3v) is 3.68. The molecule has 0 saturated heterocycles. The number of nitrogens with zero attached hydrogens (tertiary/aromatic N) is 1. The summed E-state index contributed by atoms with van der Waals surface area (Å²) >= 11 is 0. The molecule has 19 heavy (non-hydrogen) atoms. The summed E-state index contributed by atoms with van der Waals surface area (Å²) in [6.07, 6.45) is 6.12. The van der Waals surface area contributed by atoms with E-state index in [2.05, 4.69) is 37.9 Å². The van der Waals surface area contributed by atoms with Gasteiger partial charge in [-0.2, -0.15) is 0 Å². The smallest absolute Gasteiger partial charge is 0.0558 e. The van der Waals surface area contributed by atoms with Crippen molar-refractivity contribution in [2.45, 2.75) is 59.8 Å². The monoisotopic (exact) mass is 272 g/mol. The molecule has 3 nitrogen and oxygen atoms in total. The second-order valence-electron chi connectivity index (χ2n) is 6.09. The van der Waals surface area contributed by atoms with Crippen molar-refractivity contribution in [1.29, 1.82) is 0 Å². The first-order chi connectivity index (χ1) is 9.11. The van der Waals surface area contributed by atoms with Gasteiger partial charge in [-0.1, -0.05) is 40.5 Å². The highest BCUT2D eigenvalue weighted by molar-refractivity contribution is 4.80. The Bertz CT molecular complexity index is 199. The minimum atomic E-state index is 0.272. The van der Waals surface area contributed by atoms with Crippen molar-refractivity contribution < 1.29 is 5.11 Å². The first kappa shape index (κ1) is 18.9. The fraction of sp³-hybridized carbons (Fsp3) is 1.00. The second-order valence-corrected chi connectivity index (χ2v) is 6.09. The average molecular weight is 272 g/mol. The number of aliphatic hydroxyl groups is 1. The largest absolute Gasteiger partial charge is 0.395 e. The molecular weight excluding hydrogens is 236 g/mol. The predicted octanol–water partition coefficient (Wildman–Crippen LogP) is 2.89. The molecule has 0 radical (unpaired) electrons. The van der Waals surface area contributed by atoms with E-state index in [0.29, 0.717) is 5.41 Å². The van der Waals surface area contributed by atoms with Crippen LogP contribution in [0.3, 0.4) is 0 Å². The van der Waals surface area contributed by atoms with Crippen LogP contribution in [-0.4, -0.2) is 49.3 Å². The van der Waals surface area contributed by atoms with Crippen LogP contribution in [0.5, 0.6) is 0 Å². The molecule has 0 spiro atoms. The number of hydrogen-bond donors (Lipinski definition) is 2. The molecule has 1 atom stereocenters. The first-order valence-corrected chi connectivity index (χ1v) is 8.15. The molecular formula is C16H36N2O. The number of unbranched alkanes of at least 4 members (excludes halogenated alkanes) is 1. The average Bonchev–Trinajstić information content (AvgIpc) is 2.37. The molecule has 0 rings (SSSR count). The van der Waals surface area contributed by atoms with Gasteiger partial charge in [-0.05, 0) is 37.8 Å². The molecule has 2 N–H and O–H groups in total.